The maximum absolute atomic E-state index is 13.2. The van der Waals surface area contributed by atoms with Gasteiger partial charge in [-0.3, -0.25) is 9.59 Å². The third-order valence-corrected chi connectivity index (χ3v) is 13.2. The number of halogens is 1. The second-order valence-corrected chi connectivity index (χ2v) is 32.0. The second-order valence-electron chi connectivity index (χ2n) is 20.0. The first-order chi connectivity index (χ1) is 27.4. The largest absolute Gasteiger partial charge is 0.361 e. The molecule has 2 amide bonds. The van der Waals surface area contributed by atoms with Crippen molar-refractivity contribution in [2.24, 2.45) is 0 Å². The molecule has 1 aromatic carbocycles. The molecule has 12 nitrogen and oxygen atoms in total. The van der Waals surface area contributed by atoms with E-state index in [-0.39, 0.29) is 22.9 Å². The first-order valence-corrected chi connectivity index (χ1v) is 28.6. The molecule has 0 saturated carbocycles. The van der Waals surface area contributed by atoms with Crippen LogP contribution in [-0.2, 0) is 29.4 Å². The number of amides is 2. The summed E-state index contributed by atoms with van der Waals surface area (Å²) in [5.41, 5.74) is 8.54. The van der Waals surface area contributed by atoms with E-state index in [4.69, 9.17) is 19.4 Å². The zero-order valence-corrected chi connectivity index (χ0v) is 40.8. The highest BCUT2D eigenvalue weighted by Gasteiger charge is 2.25. The van der Waals surface area contributed by atoms with E-state index >= 15 is 0 Å². The standard InChI is InChI=1S/C27H36N4O2Si.C17H27BrN4O2Si/c1-18-13-19-9-8-10-20(21(19)14-18)23-15-28-25-24(29-23)22(26(32)30-27(2,3)4)16-31(25)17-33-11-12-34(5,6)7;1-17(2,3)21-16(23)12-10-22(11-24-7-8-25(4,5)6)15-14(12)20-13(18)9-19-15/h8-10,13,15-16H,11-12,14,17H2,1-7H3,(H,30,32);9-10H,7-8,11H2,1-6H3,(H,21,23). The zero-order valence-electron chi connectivity index (χ0n) is 37.3. The summed E-state index contributed by atoms with van der Waals surface area (Å²) in [5, 5.41) is 6.05. The highest BCUT2D eigenvalue weighted by Crippen LogP contribution is 2.34. The Bertz CT molecular complexity index is 2340. The molecule has 0 bridgehead atoms. The van der Waals surface area contributed by atoms with Crippen molar-refractivity contribution in [1.29, 1.82) is 0 Å². The van der Waals surface area contributed by atoms with Gasteiger partial charge >= 0.3 is 0 Å². The molecule has 0 radical (unpaired) electrons. The number of aromatic nitrogens is 6. The van der Waals surface area contributed by atoms with Gasteiger partial charge in [0.15, 0.2) is 11.3 Å². The number of nitrogens with one attached hydrogen (secondary N) is 2. The average Bonchev–Trinajstić information content (AvgIpc) is 3.78. The number of hydrogen-bond donors (Lipinski definition) is 2. The molecule has 0 atom stereocenters. The Morgan fingerprint density at radius 1 is 0.763 bits per heavy atom. The van der Waals surface area contributed by atoms with Crippen molar-refractivity contribution < 1.29 is 19.1 Å². The molecule has 15 heteroatoms. The van der Waals surface area contributed by atoms with Crippen molar-refractivity contribution >= 4 is 72.3 Å². The van der Waals surface area contributed by atoms with Gasteiger partial charge in [-0.25, -0.2) is 19.9 Å². The molecule has 0 saturated heterocycles. The summed E-state index contributed by atoms with van der Waals surface area (Å²) in [7, 11) is -2.31. The lowest BCUT2D eigenvalue weighted by Crippen LogP contribution is -2.40. The molecule has 0 unspecified atom stereocenters. The summed E-state index contributed by atoms with van der Waals surface area (Å²) in [6.45, 7) is 30.0. The Labute approximate surface area is 360 Å². The molecule has 0 fully saturated rings. The Kier molecular flexibility index (Phi) is 14.3. The molecule has 0 spiro atoms. The van der Waals surface area contributed by atoms with Crippen LogP contribution in [0.1, 0.15) is 80.3 Å². The third kappa shape index (κ3) is 13.0. The number of nitrogens with zero attached hydrogens (tertiary/aromatic N) is 6. The minimum Gasteiger partial charge on any atom is -0.361 e. The van der Waals surface area contributed by atoms with Gasteiger partial charge in [-0.15, -0.1) is 0 Å². The van der Waals surface area contributed by atoms with Crippen LogP contribution in [0.25, 0.3) is 39.7 Å². The number of carbonyl (C=O) groups is 2. The molecule has 2 N–H and O–H groups in total. The second kappa shape index (κ2) is 18.3. The maximum atomic E-state index is 13.2. The fourth-order valence-corrected chi connectivity index (χ4v) is 8.20. The summed E-state index contributed by atoms with van der Waals surface area (Å²) >= 11 is 3.33. The van der Waals surface area contributed by atoms with Crippen LogP contribution in [0, 0.1) is 0 Å². The van der Waals surface area contributed by atoms with Crippen molar-refractivity contribution in [2.45, 2.75) is 131 Å². The van der Waals surface area contributed by atoms with E-state index in [0.717, 1.165) is 29.8 Å². The minimum atomic E-state index is -1.18. The van der Waals surface area contributed by atoms with Gasteiger partial charge in [-0.1, -0.05) is 69.1 Å². The topological polar surface area (TPSA) is 138 Å². The quantitative estimate of drug-likeness (QED) is 0.0880. The van der Waals surface area contributed by atoms with Gasteiger partial charge in [0.2, 0.25) is 0 Å². The van der Waals surface area contributed by atoms with Gasteiger partial charge in [0, 0.05) is 58.4 Å². The SMILES string of the molecule is CC(C)(C)NC(=O)c1cn(COCC[Si](C)(C)C)c2ncc(Br)nc12.CC1=Cc2cccc(-c3cnc4c(n3)c(C(=O)NC(C)(C)C)cn4COCC[Si](C)(C)C)c2C1. The molecule has 59 heavy (non-hydrogen) atoms. The number of ether oxygens (including phenoxy) is 2. The lowest BCUT2D eigenvalue weighted by Gasteiger charge is -2.20. The predicted molar refractivity (Wildman–Crippen MR) is 248 cm³/mol. The van der Waals surface area contributed by atoms with E-state index in [1.54, 1.807) is 12.4 Å². The molecule has 318 valence electrons. The van der Waals surface area contributed by atoms with Gasteiger partial charge in [-0.05, 0) is 94.0 Å². The van der Waals surface area contributed by atoms with Crippen molar-refractivity contribution in [3.8, 4) is 11.3 Å². The van der Waals surface area contributed by atoms with Crippen LogP contribution in [0.2, 0.25) is 51.4 Å². The first-order valence-electron chi connectivity index (χ1n) is 20.3. The third-order valence-electron chi connectivity index (χ3n) is 9.37. The van der Waals surface area contributed by atoms with Gasteiger partial charge in [-0.2, -0.15) is 0 Å². The average molecular weight is 904 g/mol. The molecule has 4 heterocycles. The number of allylic oxidation sites excluding steroid dienone is 1. The van der Waals surface area contributed by atoms with Crippen LogP contribution < -0.4 is 10.6 Å². The van der Waals surface area contributed by atoms with Crippen LogP contribution in [0.15, 0.2) is 53.2 Å². The van der Waals surface area contributed by atoms with E-state index in [1.807, 2.05) is 63.1 Å². The molecular weight excluding hydrogens is 841 g/mol. The monoisotopic (exact) mass is 902 g/mol. The van der Waals surface area contributed by atoms with Crippen LogP contribution in [0.3, 0.4) is 0 Å². The zero-order chi connectivity index (χ0) is 43.5. The highest BCUT2D eigenvalue weighted by molar-refractivity contribution is 9.10. The molecule has 1 aliphatic carbocycles. The Hall–Kier alpha value is -4.03. The fourth-order valence-electron chi connectivity index (χ4n) is 6.41. The first kappa shape index (κ1) is 46.0. The molecule has 4 aromatic heterocycles. The molecular formula is C44H63BrN8O4Si2. The number of benzene rings is 1. The van der Waals surface area contributed by atoms with E-state index in [9.17, 15) is 9.59 Å². The van der Waals surface area contributed by atoms with Gasteiger partial charge in [0.25, 0.3) is 11.8 Å². The smallest absolute Gasteiger partial charge is 0.255 e. The molecule has 6 rings (SSSR count). The minimum absolute atomic E-state index is 0.152. The summed E-state index contributed by atoms with van der Waals surface area (Å²) in [4.78, 5) is 44.4. The summed E-state index contributed by atoms with van der Waals surface area (Å²) in [6.07, 6.45) is 10.2. The summed E-state index contributed by atoms with van der Waals surface area (Å²) in [5.74, 6) is -0.314. The van der Waals surface area contributed by atoms with E-state index < -0.39 is 16.1 Å². The van der Waals surface area contributed by atoms with E-state index in [1.165, 1.54) is 16.7 Å². The van der Waals surface area contributed by atoms with E-state index in [2.05, 4.69) is 107 Å². The molecule has 0 aliphatic heterocycles. The number of hydrogen-bond acceptors (Lipinski definition) is 8. The Morgan fingerprint density at radius 2 is 1.25 bits per heavy atom. The molecule has 1 aliphatic rings. The number of fused-ring (bicyclic) bond motifs is 3. The molecule has 5 aromatic rings. The van der Waals surface area contributed by atoms with Crippen LogP contribution in [0.5, 0.6) is 0 Å². The Balaban J connectivity index is 0.000000236. The summed E-state index contributed by atoms with van der Waals surface area (Å²) < 4.78 is 16.1. The van der Waals surface area contributed by atoms with Crippen molar-refractivity contribution in [2.75, 3.05) is 13.2 Å². The van der Waals surface area contributed by atoms with E-state index in [0.29, 0.717) is 64.7 Å². The normalized spacial score (nSPS) is 13.3. The van der Waals surface area contributed by atoms with Crippen LogP contribution >= 0.6 is 15.9 Å². The maximum Gasteiger partial charge on any atom is 0.255 e. The van der Waals surface area contributed by atoms with Gasteiger partial charge < -0.3 is 29.2 Å². The lowest BCUT2D eigenvalue weighted by atomic mass is 10.00. The van der Waals surface area contributed by atoms with Crippen molar-refractivity contribution in [3.63, 3.8) is 0 Å². The predicted octanol–water partition coefficient (Wildman–Crippen LogP) is 9.93. The van der Waals surface area contributed by atoms with Crippen molar-refractivity contribution in [1.82, 2.24) is 39.7 Å². The highest BCUT2D eigenvalue weighted by atomic mass is 79.9. The lowest BCUT2D eigenvalue weighted by molar-refractivity contribution is 0.0879. The number of rotatable bonds is 13. The Morgan fingerprint density at radius 3 is 1.75 bits per heavy atom. The van der Waals surface area contributed by atoms with Crippen LogP contribution in [0.4, 0.5) is 0 Å². The van der Waals surface area contributed by atoms with Gasteiger partial charge in [0.1, 0.15) is 29.1 Å². The van der Waals surface area contributed by atoms with Crippen LogP contribution in [-0.4, -0.2) is 81.3 Å². The van der Waals surface area contributed by atoms with Gasteiger partial charge in [0.05, 0.1) is 29.2 Å². The fraction of sp³-hybridized carbons (Fsp3) is 0.500. The summed E-state index contributed by atoms with van der Waals surface area (Å²) in [6, 6.07) is 8.47. The number of carbonyl (C=O) groups excluding carboxylic acids is 2. The van der Waals surface area contributed by atoms with Crippen molar-refractivity contribution in [3.05, 3.63) is 75.4 Å².